The average molecular weight is 456 g/mol. The van der Waals surface area contributed by atoms with E-state index in [1.54, 1.807) is 0 Å². The van der Waals surface area contributed by atoms with Gasteiger partial charge in [-0.1, -0.05) is 30.3 Å². The molecule has 3 aliphatic heterocycles. The van der Waals surface area contributed by atoms with Gasteiger partial charge in [0.15, 0.2) is 1.41 Å². The summed E-state index contributed by atoms with van der Waals surface area (Å²) < 4.78 is 61.0. The van der Waals surface area contributed by atoms with Crippen LogP contribution >= 0.6 is 0 Å². The summed E-state index contributed by atoms with van der Waals surface area (Å²) in [5, 5.41) is -0.303. The van der Waals surface area contributed by atoms with Gasteiger partial charge in [0.2, 0.25) is 11.8 Å². The lowest BCUT2D eigenvalue weighted by Crippen LogP contribution is -2.52. The van der Waals surface area contributed by atoms with Crippen molar-refractivity contribution < 1.29 is 32.1 Å². The summed E-state index contributed by atoms with van der Waals surface area (Å²) in [6, 6.07) is 9.17. The Hall–Kier alpha value is -3.23. The Labute approximate surface area is 200 Å². The molecule has 0 aromatic heterocycles. The fraction of sp³-hybridized carbons (Fsp3) is 0.400. The molecule has 0 bridgehead atoms. The fourth-order valence-corrected chi connectivity index (χ4v) is 3.94. The molecule has 2 saturated heterocycles. The maximum absolute atomic E-state index is 13.3. The van der Waals surface area contributed by atoms with Crippen molar-refractivity contribution in [3.63, 3.8) is 0 Å². The van der Waals surface area contributed by atoms with Crippen LogP contribution < -0.4 is 10.0 Å². The van der Waals surface area contributed by atoms with Crippen molar-refractivity contribution in [3.8, 4) is 5.75 Å². The molecule has 1 unspecified atom stereocenters. The normalized spacial score (nSPS) is 29.4. The number of benzene rings is 2. The van der Waals surface area contributed by atoms with Gasteiger partial charge >= 0.3 is 0 Å². The van der Waals surface area contributed by atoms with Crippen LogP contribution in [0.3, 0.4) is 0 Å². The number of hydrogen-bond donors (Lipinski definition) is 1. The van der Waals surface area contributed by atoms with Gasteiger partial charge in [0, 0.05) is 39.9 Å². The Morgan fingerprint density at radius 3 is 2.67 bits per heavy atom. The number of morpholine rings is 1. The van der Waals surface area contributed by atoms with Crippen molar-refractivity contribution in [2.75, 3.05) is 26.3 Å². The molecule has 0 saturated carbocycles. The Bertz CT molecular complexity index is 1320. The number of rotatable bonds is 6. The van der Waals surface area contributed by atoms with Crippen molar-refractivity contribution in [3.05, 3.63) is 64.7 Å². The second-order valence-electron chi connectivity index (χ2n) is 7.95. The fourth-order valence-electron chi connectivity index (χ4n) is 3.94. The molecule has 3 amide bonds. The highest BCUT2D eigenvalue weighted by molar-refractivity contribution is 6.05. The number of amides is 3. The largest absolute Gasteiger partial charge is 0.489 e. The number of imide groups is 1. The zero-order valence-electron chi connectivity index (χ0n) is 23.9. The highest BCUT2D eigenvalue weighted by Crippen LogP contribution is 2.34. The summed E-state index contributed by atoms with van der Waals surface area (Å²) in [5.41, 5.74) is 1.58. The summed E-state index contributed by atoms with van der Waals surface area (Å²) in [6.45, 7) is 1.25. The SMILES string of the molecule is [2H]N1C(=O)C([2H])([2H])CC([2H])(N2C(=O)c3cccc(OCc4ccc(CN5CCOCC5)cc4)c3C2([2H])[2H])C1=O. The topological polar surface area (TPSA) is 88.2 Å². The van der Waals surface area contributed by atoms with Gasteiger partial charge in [0.05, 0.1) is 23.8 Å². The first-order valence-corrected chi connectivity index (χ1v) is 10.7. The van der Waals surface area contributed by atoms with E-state index in [0.717, 1.165) is 30.8 Å². The monoisotopic (exact) mass is 455 g/mol. The number of ether oxygens (including phenoxy) is 2. The maximum atomic E-state index is 13.3. The molecule has 5 rings (SSSR count). The van der Waals surface area contributed by atoms with E-state index in [9.17, 15) is 14.4 Å². The van der Waals surface area contributed by atoms with Crippen molar-refractivity contribution in [2.24, 2.45) is 0 Å². The Morgan fingerprint density at radius 1 is 1.12 bits per heavy atom. The highest BCUT2D eigenvalue weighted by Gasteiger charge is 2.40. The molecule has 0 aliphatic carbocycles. The van der Waals surface area contributed by atoms with E-state index in [4.69, 9.17) is 17.7 Å². The van der Waals surface area contributed by atoms with Crippen LogP contribution in [0.5, 0.6) is 5.75 Å². The number of piperidine rings is 1. The minimum atomic E-state index is -2.87. The molecule has 172 valence electrons. The molecule has 3 aliphatic rings. The van der Waals surface area contributed by atoms with Crippen LogP contribution in [0, 0.1) is 0 Å². The first-order chi connectivity index (χ1) is 18.4. The third-order valence-corrected chi connectivity index (χ3v) is 5.74. The van der Waals surface area contributed by atoms with E-state index in [1.807, 2.05) is 24.3 Å². The van der Waals surface area contributed by atoms with Crippen molar-refractivity contribution >= 4 is 17.7 Å². The summed E-state index contributed by atoms with van der Waals surface area (Å²) in [6.07, 6.45) is -3.94. The van der Waals surface area contributed by atoms with Gasteiger partial charge in [-0.25, -0.2) is 0 Å². The standard InChI is InChI=1S/C25H27N3O5/c29-23-9-8-21(24(30)26-23)28-15-20-19(25(28)31)2-1-3-22(20)33-16-18-6-4-17(5-7-18)14-27-10-12-32-13-11-27/h1-7,21H,8-16H2,(H,26,29,30)/i9D2,15D2,21D/hD. The van der Waals surface area contributed by atoms with Gasteiger partial charge in [-0.15, -0.1) is 0 Å². The zero-order valence-corrected chi connectivity index (χ0v) is 17.9. The van der Waals surface area contributed by atoms with E-state index in [-0.39, 0.29) is 28.8 Å². The quantitative estimate of drug-likeness (QED) is 0.669. The minimum Gasteiger partial charge on any atom is -0.489 e. The molecular weight excluding hydrogens is 422 g/mol. The molecule has 1 N–H and O–H groups in total. The first-order valence-electron chi connectivity index (χ1n) is 13.7. The van der Waals surface area contributed by atoms with Crippen molar-refractivity contribution in [1.29, 1.82) is 0 Å². The van der Waals surface area contributed by atoms with Gasteiger partial charge in [-0.2, -0.15) is 0 Å². The number of nitrogens with zero attached hydrogens (tertiary/aromatic N) is 2. The van der Waals surface area contributed by atoms with E-state index >= 15 is 0 Å². The third kappa shape index (κ3) is 4.62. The summed E-state index contributed by atoms with van der Waals surface area (Å²) in [5.74, 6) is -3.98. The predicted molar refractivity (Wildman–Crippen MR) is 119 cm³/mol. The van der Waals surface area contributed by atoms with E-state index in [2.05, 4.69) is 4.90 Å². The summed E-state index contributed by atoms with van der Waals surface area (Å²) >= 11 is 0. The minimum absolute atomic E-state index is 0.0272. The van der Waals surface area contributed by atoms with Crippen molar-refractivity contribution in [2.45, 2.75) is 38.5 Å². The molecule has 2 aromatic carbocycles. The average Bonchev–Trinajstić information content (AvgIpc) is 3.12. The number of nitrogens with one attached hydrogen (secondary N) is 1. The molecule has 1 atom stereocenters. The number of carbonyl (C=O) groups excluding carboxylic acids is 3. The number of hydrogen-bond acceptors (Lipinski definition) is 6. The van der Waals surface area contributed by atoms with Crippen LogP contribution in [0.2, 0.25) is 1.41 Å². The molecule has 33 heavy (non-hydrogen) atoms. The Kier molecular flexibility index (Phi) is 4.40. The van der Waals surface area contributed by atoms with Crippen molar-refractivity contribution in [1.82, 2.24) is 15.1 Å². The molecule has 0 radical (unpaired) electrons. The van der Waals surface area contributed by atoms with E-state index < -0.39 is 43.0 Å². The van der Waals surface area contributed by atoms with E-state index in [1.165, 1.54) is 18.2 Å². The molecule has 2 fully saturated rings. The molecule has 2 aromatic rings. The second-order valence-corrected chi connectivity index (χ2v) is 7.95. The van der Waals surface area contributed by atoms with Gasteiger partial charge in [0.1, 0.15) is 18.4 Å². The lowest BCUT2D eigenvalue weighted by molar-refractivity contribution is -0.136. The smallest absolute Gasteiger partial charge is 0.255 e. The van der Waals surface area contributed by atoms with Crippen LogP contribution in [0.1, 0.15) is 46.7 Å². The van der Waals surface area contributed by atoms with Crippen LogP contribution in [0.4, 0.5) is 0 Å². The van der Waals surface area contributed by atoms with E-state index in [0.29, 0.717) is 18.1 Å². The molecule has 3 heterocycles. The number of fused-ring (bicyclic) bond motifs is 1. The maximum Gasteiger partial charge on any atom is 0.255 e. The molecular formula is C25H27N3O5. The zero-order chi connectivity index (χ0) is 28.2. The van der Waals surface area contributed by atoms with Crippen LogP contribution in [0.15, 0.2) is 42.5 Å². The third-order valence-electron chi connectivity index (χ3n) is 5.74. The summed E-state index contributed by atoms with van der Waals surface area (Å²) in [4.78, 5) is 40.8. The van der Waals surface area contributed by atoms with Crippen LogP contribution in [0.25, 0.3) is 0 Å². The van der Waals surface area contributed by atoms with Gasteiger partial charge in [-0.05, 0) is 29.7 Å². The molecule has 8 nitrogen and oxygen atoms in total. The Balaban J connectivity index is 1.37. The lowest BCUT2D eigenvalue weighted by Gasteiger charge is -2.29. The molecule has 0 spiro atoms. The second kappa shape index (κ2) is 9.33. The Morgan fingerprint density at radius 2 is 1.88 bits per heavy atom. The predicted octanol–water partition coefficient (Wildman–Crippen LogP) is 1.86. The van der Waals surface area contributed by atoms with Gasteiger partial charge in [-0.3, -0.25) is 24.6 Å². The van der Waals surface area contributed by atoms with Crippen LogP contribution in [-0.4, -0.2) is 59.8 Å². The number of carbonyl (C=O) groups is 3. The highest BCUT2D eigenvalue weighted by atomic mass is 16.5. The first kappa shape index (κ1) is 15.6. The summed E-state index contributed by atoms with van der Waals surface area (Å²) in [7, 11) is 0. The lowest BCUT2D eigenvalue weighted by atomic mass is 10.0. The van der Waals surface area contributed by atoms with Gasteiger partial charge < -0.3 is 14.4 Å². The van der Waals surface area contributed by atoms with Gasteiger partial charge in [0.25, 0.3) is 5.91 Å². The van der Waals surface area contributed by atoms with Crippen LogP contribution in [-0.2, 0) is 34.0 Å². The molecule has 8 heteroatoms.